The molecule has 3 rings (SSSR count). The van der Waals surface area contributed by atoms with Gasteiger partial charge in [0.05, 0.1) is 21.8 Å². The lowest BCUT2D eigenvalue weighted by Crippen LogP contribution is -2.40. The zero-order valence-electron chi connectivity index (χ0n) is 17.9. The number of halogens is 6. The fourth-order valence-corrected chi connectivity index (χ4v) is 4.65. The highest BCUT2D eigenvalue weighted by molar-refractivity contribution is 7.93. The Morgan fingerprint density at radius 3 is 2.43 bits per heavy atom. The molecule has 2 amide bonds. The highest BCUT2D eigenvalue weighted by Gasteiger charge is 2.38. The van der Waals surface area contributed by atoms with Crippen molar-refractivity contribution in [2.24, 2.45) is 4.36 Å². The number of hydrogen-bond donors (Lipinski definition) is 2. The number of carbonyl (C=O) groups excluding carboxylic acids is 1. The third-order valence-corrected chi connectivity index (χ3v) is 6.92. The van der Waals surface area contributed by atoms with Gasteiger partial charge >= 0.3 is 12.3 Å². The highest BCUT2D eigenvalue weighted by Crippen LogP contribution is 2.40. The van der Waals surface area contributed by atoms with Crippen LogP contribution in [0.15, 0.2) is 39.9 Å². The number of carbonyl (C=O) groups is 2. The SMILES string of the molecule is CS(=O)(=NC(=O)O)c1cc(NC(=O)c2cc(Cl)c(C(F)(F)F)cc2N2CCC(F)(F)CC2)ccn1. The van der Waals surface area contributed by atoms with Gasteiger partial charge in [0.2, 0.25) is 0 Å². The van der Waals surface area contributed by atoms with Crippen LogP contribution < -0.4 is 10.2 Å². The molecule has 2 N–H and O–H groups in total. The Balaban J connectivity index is 2.01. The van der Waals surface area contributed by atoms with Crippen molar-refractivity contribution in [2.75, 3.05) is 29.6 Å². The molecular formula is C20H18ClF5N4O4S. The van der Waals surface area contributed by atoms with Gasteiger partial charge in [0.15, 0.2) is 0 Å². The van der Waals surface area contributed by atoms with Crippen molar-refractivity contribution in [3.8, 4) is 0 Å². The molecule has 190 valence electrons. The van der Waals surface area contributed by atoms with Gasteiger partial charge in [0.1, 0.15) is 14.8 Å². The average molecular weight is 541 g/mol. The molecule has 15 heteroatoms. The van der Waals surface area contributed by atoms with Gasteiger partial charge in [-0.05, 0) is 24.3 Å². The minimum atomic E-state index is -4.85. The molecule has 35 heavy (non-hydrogen) atoms. The van der Waals surface area contributed by atoms with Crippen LogP contribution in [-0.4, -0.2) is 51.6 Å². The molecule has 0 spiro atoms. The van der Waals surface area contributed by atoms with Crippen LogP contribution in [0.25, 0.3) is 0 Å². The van der Waals surface area contributed by atoms with Gasteiger partial charge < -0.3 is 15.3 Å². The monoisotopic (exact) mass is 540 g/mol. The van der Waals surface area contributed by atoms with Gasteiger partial charge in [-0.1, -0.05) is 11.6 Å². The van der Waals surface area contributed by atoms with Gasteiger partial charge in [0, 0.05) is 44.1 Å². The fourth-order valence-electron chi connectivity index (χ4n) is 3.39. The van der Waals surface area contributed by atoms with Crippen molar-refractivity contribution in [1.82, 2.24) is 4.98 Å². The molecule has 1 aromatic carbocycles. The van der Waals surface area contributed by atoms with E-state index in [9.17, 15) is 35.8 Å². The Labute approximate surface area is 201 Å². The first-order valence-corrected chi connectivity index (χ1v) is 12.2. The Bertz CT molecular complexity index is 1280. The second-order valence-electron chi connectivity index (χ2n) is 7.70. The van der Waals surface area contributed by atoms with Gasteiger partial charge in [0.25, 0.3) is 11.8 Å². The number of nitrogens with zero attached hydrogens (tertiary/aromatic N) is 3. The van der Waals surface area contributed by atoms with Gasteiger partial charge in [-0.25, -0.2) is 22.8 Å². The van der Waals surface area contributed by atoms with E-state index >= 15 is 0 Å². The van der Waals surface area contributed by atoms with Crippen LogP contribution in [0.1, 0.15) is 28.8 Å². The Hall–Kier alpha value is -3.00. The first kappa shape index (κ1) is 26.6. The molecule has 1 aliphatic rings. The second kappa shape index (κ2) is 9.57. The van der Waals surface area contributed by atoms with Crippen molar-refractivity contribution < 1.29 is 40.9 Å². The summed E-state index contributed by atoms with van der Waals surface area (Å²) in [5, 5.41) is 10.2. The van der Waals surface area contributed by atoms with Crippen LogP contribution in [0.5, 0.6) is 0 Å². The molecule has 8 nitrogen and oxygen atoms in total. The number of alkyl halides is 5. The lowest BCUT2D eigenvalue weighted by Gasteiger charge is -2.34. The number of hydrogen-bond acceptors (Lipinski definition) is 5. The number of rotatable bonds is 4. The molecule has 2 heterocycles. The van der Waals surface area contributed by atoms with Gasteiger partial charge in [-0.3, -0.25) is 4.79 Å². The minimum absolute atomic E-state index is 0.0117. The Morgan fingerprint density at radius 1 is 1.23 bits per heavy atom. The smallest absolute Gasteiger partial charge is 0.439 e. The first-order valence-electron chi connectivity index (χ1n) is 9.85. The summed E-state index contributed by atoms with van der Waals surface area (Å²) in [7, 11) is -3.46. The van der Waals surface area contributed by atoms with Crippen LogP contribution in [0, 0.1) is 0 Å². The third kappa shape index (κ3) is 6.36. The molecule has 1 atom stereocenters. The Morgan fingerprint density at radius 2 is 1.86 bits per heavy atom. The van der Waals surface area contributed by atoms with Gasteiger partial charge in [-0.15, -0.1) is 4.36 Å². The van der Waals surface area contributed by atoms with E-state index in [2.05, 4.69) is 14.7 Å². The van der Waals surface area contributed by atoms with E-state index in [-0.39, 0.29) is 35.1 Å². The number of amides is 2. The summed E-state index contributed by atoms with van der Waals surface area (Å²) in [6, 6.07) is 3.81. The molecule has 1 aliphatic heterocycles. The molecular weight excluding hydrogens is 523 g/mol. The maximum atomic E-state index is 13.6. The van der Waals surface area contributed by atoms with E-state index in [1.54, 1.807) is 0 Å². The van der Waals surface area contributed by atoms with Crippen molar-refractivity contribution >= 4 is 44.7 Å². The average Bonchev–Trinajstić information content (AvgIpc) is 2.72. The predicted octanol–water partition coefficient (Wildman–Crippen LogP) is 5.38. The molecule has 0 bridgehead atoms. The lowest BCUT2D eigenvalue weighted by molar-refractivity contribution is -0.137. The number of carboxylic acid groups (broad SMARTS) is 1. The summed E-state index contributed by atoms with van der Waals surface area (Å²) in [4.78, 5) is 28.9. The summed E-state index contributed by atoms with van der Waals surface area (Å²) in [6.45, 7) is -0.583. The Kier molecular flexibility index (Phi) is 7.27. The van der Waals surface area contributed by atoms with Crippen molar-refractivity contribution in [2.45, 2.75) is 30.0 Å². The maximum Gasteiger partial charge on any atom is 0.439 e. The molecule has 2 aromatic rings. The molecule has 0 saturated carbocycles. The number of benzene rings is 1. The second-order valence-corrected chi connectivity index (χ2v) is 10.3. The van der Waals surface area contributed by atoms with Crippen LogP contribution in [0.2, 0.25) is 5.02 Å². The van der Waals surface area contributed by atoms with E-state index in [1.165, 1.54) is 11.0 Å². The van der Waals surface area contributed by atoms with E-state index in [0.717, 1.165) is 24.6 Å². The molecule has 0 aliphatic carbocycles. The predicted molar refractivity (Wildman–Crippen MR) is 118 cm³/mol. The lowest BCUT2D eigenvalue weighted by atomic mass is 10.0. The van der Waals surface area contributed by atoms with Crippen molar-refractivity contribution in [3.63, 3.8) is 0 Å². The van der Waals surface area contributed by atoms with E-state index in [4.69, 9.17) is 16.7 Å². The largest absolute Gasteiger partial charge is 0.463 e. The summed E-state index contributed by atoms with van der Waals surface area (Å²) in [5.74, 6) is -3.90. The molecule has 1 unspecified atom stereocenters. The number of nitrogens with one attached hydrogen (secondary N) is 1. The van der Waals surface area contributed by atoms with E-state index < -0.39 is 57.3 Å². The summed E-state index contributed by atoms with van der Waals surface area (Å²) in [5.41, 5.74) is -1.78. The molecule has 1 fully saturated rings. The quantitative estimate of drug-likeness (QED) is 0.504. The fraction of sp³-hybridized carbons (Fsp3) is 0.350. The summed E-state index contributed by atoms with van der Waals surface area (Å²) < 4.78 is 83.1. The molecule has 1 saturated heterocycles. The van der Waals surface area contributed by atoms with E-state index in [1.807, 2.05) is 0 Å². The van der Waals surface area contributed by atoms with Crippen LogP contribution >= 0.6 is 11.6 Å². The zero-order chi connectivity index (χ0) is 26.2. The summed E-state index contributed by atoms with van der Waals surface area (Å²) in [6.07, 6.45) is -5.61. The highest BCUT2D eigenvalue weighted by atomic mass is 35.5. The number of aromatic nitrogens is 1. The van der Waals surface area contributed by atoms with Gasteiger partial charge in [-0.2, -0.15) is 13.2 Å². The van der Waals surface area contributed by atoms with Crippen molar-refractivity contribution in [1.29, 1.82) is 0 Å². The number of pyridine rings is 1. The van der Waals surface area contributed by atoms with Crippen molar-refractivity contribution in [3.05, 3.63) is 46.6 Å². The topological polar surface area (TPSA) is 112 Å². The summed E-state index contributed by atoms with van der Waals surface area (Å²) >= 11 is 5.80. The minimum Gasteiger partial charge on any atom is -0.463 e. The first-order chi connectivity index (χ1) is 16.1. The molecule has 1 aromatic heterocycles. The molecule has 0 radical (unpaired) electrons. The maximum absolute atomic E-state index is 13.6. The standard InChI is InChI=1S/C20H18ClF5N4O4S/c1-35(34,29-18(32)33)16-8-11(2-5-27-16)28-17(31)12-9-14(21)13(20(24,25)26)10-15(12)30-6-3-19(22,23)4-7-30/h2,5,8-10H,3-4,6-7H2,1H3,(H,32,33)(H,27,28,31). The zero-order valence-corrected chi connectivity index (χ0v) is 19.5. The van der Waals surface area contributed by atoms with Crippen LogP contribution in [0.4, 0.5) is 38.1 Å². The number of anilines is 2. The van der Waals surface area contributed by atoms with Crippen LogP contribution in [0.3, 0.4) is 0 Å². The third-order valence-electron chi connectivity index (χ3n) is 5.10. The van der Waals surface area contributed by atoms with Crippen LogP contribution in [-0.2, 0) is 15.9 Å². The van der Waals surface area contributed by atoms with E-state index in [0.29, 0.717) is 6.07 Å². The number of piperidine rings is 1. The normalized spacial score (nSPS) is 17.4.